The zero-order valence-corrected chi connectivity index (χ0v) is 10.6. The number of hydrogen-bond donors (Lipinski definition) is 1. The van der Waals surface area contributed by atoms with Crippen molar-refractivity contribution in [2.24, 2.45) is 0 Å². The fourth-order valence-electron chi connectivity index (χ4n) is 1.96. The Hall–Kier alpha value is -0.630. The SMILES string of the molecule is CCC1COCCN1CCC(C)(C#N)NC. The van der Waals surface area contributed by atoms with Crippen LogP contribution in [0.4, 0.5) is 0 Å². The molecule has 0 aromatic rings. The summed E-state index contributed by atoms with van der Waals surface area (Å²) in [4.78, 5) is 2.44. The van der Waals surface area contributed by atoms with Crippen molar-refractivity contribution in [2.75, 3.05) is 33.4 Å². The van der Waals surface area contributed by atoms with Crippen LogP contribution < -0.4 is 5.32 Å². The smallest absolute Gasteiger partial charge is 0.104 e. The molecule has 92 valence electrons. The number of morpholine rings is 1. The Morgan fingerprint density at radius 3 is 2.94 bits per heavy atom. The van der Waals surface area contributed by atoms with Gasteiger partial charge in [-0.2, -0.15) is 5.26 Å². The van der Waals surface area contributed by atoms with Crippen LogP contribution >= 0.6 is 0 Å². The minimum Gasteiger partial charge on any atom is -0.378 e. The minimum absolute atomic E-state index is 0.406. The van der Waals surface area contributed by atoms with Crippen molar-refractivity contribution in [1.29, 1.82) is 5.26 Å². The van der Waals surface area contributed by atoms with Crippen LogP contribution in [-0.2, 0) is 4.74 Å². The summed E-state index contributed by atoms with van der Waals surface area (Å²) in [5.74, 6) is 0. The van der Waals surface area contributed by atoms with Crippen LogP contribution in [0, 0.1) is 11.3 Å². The van der Waals surface area contributed by atoms with E-state index < -0.39 is 5.54 Å². The van der Waals surface area contributed by atoms with Gasteiger partial charge in [0.25, 0.3) is 0 Å². The maximum Gasteiger partial charge on any atom is 0.104 e. The summed E-state index contributed by atoms with van der Waals surface area (Å²) in [5, 5.41) is 12.2. The average Bonchev–Trinajstić information content (AvgIpc) is 2.36. The Bertz CT molecular complexity index is 251. The van der Waals surface area contributed by atoms with Crippen molar-refractivity contribution in [3.63, 3.8) is 0 Å². The maximum absolute atomic E-state index is 9.08. The van der Waals surface area contributed by atoms with Crippen LogP contribution in [0.25, 0.3) is 0 Å². The summed E-state index contributed by atoms with van der Waals surface area (Å²) in [6, 6.07) is 2.85. The summed E-state index contributed by atoms with van der Waals surface area (Å²) in [6.07, 6.45) is 1.97. The highest BCUT2D eigenvalue weighted by Gasteiger charge is 2.26. The van der Waals surface area contributed by atoms with E-state index in [4.69, 9.17) is 10.00 Å². The van der Waals surface area contributed by atoms with Crippen molar-refractivity contribution in [2.45, 2.75) is 38.3 Å². The lowest BCUT2D eigenvalue weighted by atomic mass is 9.99. The molecule has 1 fully saturated rings. The standard InChI is InChI=1S/C12H23N3O/c1-4-11-9-16-8-7-15(11)6-5-12(2,10-13)14-3/h11,14H,4-9H2,1-3H3. The van der Waals surface area contributed by atoms with E-state index in [1.54, 1.807) is 0 Å². The van der Waals surface area contributed by atoms with Crippen LogP contribution in [0.15, 0.2) is 0 Å². The lowest BCUT2D eigenvalue weighted by Gasteiger charge is -2.36. The summed E-state index contributed by atoms with van der Waals surface area (Å²) >= 11 is 0. The number of nitrogens with one attached hydrogen (secondary N) is 1. The van der Waals surface area contributed by atoms with Gasteiger partial charge in [0.05, 0.1) is 19.3 Å². The molecule has 1 aliphatic rings. The lowest BCUT2D eigenvalue weighted by Crippen LogP contribution is -2.48. The van der Waals surface area contributed by atoms with Crippen molar-refractivity contribution in [1.82, 2.24) is 10.2 Å². The van der Waals surface area contributed by atoms with E-state index in [2.05, 4.69) is 23.2 Å². The van der Waals surface area contributed by atoms with Gasteiger partial charge in [-0.05, 0) is 26.8 Å². The quantitative estimate of drug-likeness (QED) is 0.758. The molecule has 0 aromatic carbocycles. The topological polar surface area (TPSA) is 48.3 Å². The summed E-state index contributed by atoms with van der Waals surface area (Å²) in [5.41, 5.74) is -0.406. The summed E-state index contributed by atoms with van der Waals surface area (Å²) in [7, 11) is 1.85. The normalized spacial score (nSPS) is 26.0. The summed E-state index contributed by atoms with van der Waals surface area (Å²) in [6.45, 7) is 7.75. The van der Waals surface area contributed by atoms with Crippen LogP contribution in [0.5, 0.6) is 0 Å². The van der Waals surface area contributed by atoms with E-state index >= 15 is 0 Å². The van der Waals surface area contributed by atoms with Crippen LogP contribution in [0.2, 0.25) is 0 Å². The Morgan fingerprint density at radius 1 is 1.62 bits per heavy atom. The molecule has 1 rings (SSSR count). The monoisotopic (exact) mass is 225 g/mol. The van der Waals surface area contributed by atoms with Gasteiger partial charge in [-0.1, -0.05) is 6.92 Å². The number of nitriles is 1. The molecule has 0 aliphatic carbocycles. The molecule has 0 saturated carbocycles. The molecule has 2 unspecified atom stereocenters. The van der Waals surface area contributed by atoms with Gasteiger partial charge in [0.2, 0.25) is 0 Å². The number of hydrogen-bond acceptors (Lipinski definition) is 4. The zero-order chi connectivity index (χ0) is 12.0. The van der Waals surface area contributed by atoms with Gasteiger partial charge >= 0.3 is 0 Å². The second-order valence-corrected chi connectivity index (χ2v) is 4.62. The molecular formula is C12H23N3O. The first-order chi connectivity index (χ1) is 7.65. The number of ether oxygens (including phenoxy) is 1. The van der Waals surface area contributed by atoms with Crippen LogP contribution in [0.3, 0.4) is 0 Å². The summed E-state index contributed by atoms with van der Waals surface area (Å²) < 4.78 is 5.47. The molecule has 1 saturated heterocycles. The Labute approximate surface area is 98.6 Å². The zero-order valence-electron chi connectivity index (χ0n) is 10.6. The van der Waals surface area contributed by atoms with Crippen LogP contribution in [-0.4, -0.2) is 49.8 Å². The predicted molar refractivity (Wildman–Crippen MR) is 64.2 cm³/mol. The highest BCUT2D eigenvalue weighted by molar-refractivity contribution is 5.03. The molecule has 0 amide bonds. The molecule has 0 aromatic heterocycles. The molecule has 4 heteroatoms. The van der Waals surface area contributed by atoms with Gasteiger partial charge in [0.15, 0.2) is 0 Å². The molecule has 4 nitrogen and oxygen atoms in total. The first kappa shape index (κ1) is 13.4. The van der Waals surface area contributed by atoms with E-state index in [9.17, 15) is 0 Å². The fraction of sp³-hybridized carbons (Fsp3) is 0.917. The third-order valence-corrected chi connectivity index (χ3v) is 3.52. The Morgan fingerprint density at radius 2 is 2.38 bits per heavy atom. The second kappa shape index (κ2) is 6.19. The third kappa shape index (κ3) is 3.44. The van der Waals surface area contributed by atoms with Crippen LogP contribution in [0.1, 0.15) is 26.7 Å². The van der Waals surface area contributed by atoms with E-state index in [1.807, 2.05) is 14.0 Å². The first-order valence-electron chi connectivity index (χ1n) is 6.07. The van der Waals surface area contributed by atoms with Gasteiger partial charge in [0.1, 0.15) is 5.54 Å². The fourth-order valence-corrected chi connectivity index (χ4v) is 1.96. The molecule has 1 aliphatic heterocycles. The van der Waals surface area contributed by atoms with Gasteiger partial charge in [-0.3, -0.25) is 4.90 Å². The molecule has 0 spiro atoms. The van der Waals surface area contributed by atoms with Crippen molar-refractivity contribution < 1.29 is 4.74 Å². The molecule has 1 N–H and O–H groups in total. The number of rotatable bonds is 5. The third-order valence-electron chi connectivity index (χ3n) is 3.52. The van der Waals surface area contributed by atoms with E-state index in [0.29, 0.717) is 6.04 Å². The average molecular weight is 225 g/mol. The van der Waals surface area contributed by atoms with Gasteiger partial charge in [0, 0.05) is 19.1 Å². The van der Waals surface area contributed by atoms with Gasteiger partial charge in [-0.15, -0.1) is 0 Å². The molecule has 1 heterocycles. The second-order valence-electron chi connectivity index (χ2n) is 4.62. The Kier molecular flexibility index (Phi) is 5.20. The van der Waals surface area contributed by atoms with Gasteiger partial charge < -0.3 is 10.1 Å². The maximum atomic E-state index is 9.08. The largest absolute Gasteiger partial charge is 0.378 e. The molecule has 0 radical (unpaired) electrons. The predicted octanol–water partition coefficient (Wildman–Crippen LogP) is 0.989. The number of nitrogens with zero attached hydrogens (tertiary/aromatic N) is 2. The van der Waals surface area contributed by atoms with E-state index in [-0.39, 0.29) is 0 Å². The van der Waals surface area contributed by atoms with Crippen molar-refractivity contribution in [3.8, 4) is 6.07 Å². The van der Waals surface area contributed by atoms with E-state index in [0.717, 1.165) is 39.1 Å². The Balaban J connectivity index is 2.44. The highest BCUT2D eigenvalue weighted by Crippen LogP contribution is 2.14. The van der Waals surface area contributed by atoms with Gasteiger partial charge in [-0.25, -0.2) is 0 Å². The van der Waals surface area contributed by atoms with Crippen molar-refractivity contribution in [3.05, 3.63) is 0 Å². The lowest BCUT2D eigenvalue weighted by molar-refractivity contribution is -0.0107. The molecule has 16 heavy (non-hydrogen) atoms. The molecular weight excluding hydrogens is 202 g/mol. The highest BCUT2D eigenvalue weighted by atomic mass is 16.5. The minimum atomic E-state index is -0.406. The molecule has 0 bridgehead atoms. The van der Waals surface area contributed by atoms with E-state index in [1.165, 1.54) is 0 Å². The first-order valence-corrected chi connectivity index (χ1v) is 6.07. The van der Waals surface area contributed by atoms with Crippen molar-refractivity contribution >= 4 is 0 Å². The molecule has 2 atom stereocenters.